The van der Waals surface area contributed by atoms with Gasteiger partial charge in [0.05, 0.1) is 0 Å². The lowest BCUT2D eigenvalue weighted by molar-refractivity contribution is -0.129. The highest BCUT2D eigenvalue weighted by Gasteiger charge is 2.37. The van der Waals surface area contributed by atoms with E-state index in [1.807, 2.05) is 0 Å². The minimum atomic E-state index is -2.55. The van der Waals surface area contributed by atoms with Gasteiger partial charge >= 0.3 is 0 Å². The Morgan fingerprint density at radius 3 is 2.44 bits per heavy atom. The fourth-order valence-corrected chi connectivity index (χ4v) is 3.67. The SMILES string of the molecule is O=C(NCC1CCCC1Br)C1CCC(F)(F)CC1. The van der Waals surface area contributed by atoms with Crippen LogP contribution in [-0.4, -0.2) is 23.2 Å². The highest BCUT2D eigenvalue weighted by Crippen LogP contribution is 2.36. The summed E-state index contributed by atoms with van der Waals surface area (Å²) in [5.74, 6) is -2.29. The topological polar surface area (TPSA) is 29.1 Å². The molecular formula is C13H20BrF2NO. The average molecular weight is 324 g/mol. The van der Waals surface area contributed by atoms with Gasteiger partial charge in [-0.2, -0.15) is 0 Å². The van der Waals surface area contributed by atoms with Crippen LogP contribution in [0.2, 0.25) is 0 Å². The van der Waals surface area contributed by atoms with Crippen molar-refractivity contribution >= 4 is 21.8 Å². The van der Waals surface area contributed by atoms with E-state index in [1.54, 1.807) is 0 Å². The molecule has 104 valence electrons. The Morgan fingerprint density at radius 2 is 1.89 bits per heavy atom. The van der Waals surface area contributed by atoms with Crippen molar-refractivity contribution in [2.45, 2.75) is 55.7 Å². The first kappa shape index (κ1) is 14.2. The van der Waals surface area contributed by atoms with E-state index in [1.165, 1.54) is 6.42 Å². The summed E-state index contributed by atoms with van der Waals surface area (Å²) in [5, 5.41) is 2.94. The number of carbonyl (C=O) groups is 1. The maximum atomic E-state index is 13.0. The zero-order chi connectivity index (χ0) is 13.2. The smallest absolute Gasteiger partial charge is 0.248 e. The molecule has 2 saturated carbocycles. The fourth-order valence-electron chi connectivity index (χ4n) is 2.90. The summed E-state index contributed by atoms with van der Waals surface area (Å²) in [6.45, 7) is 0.682. The Kier molecular flexibility index (Phi) is 4.62. The van der Waals surface area contributed by atoms with E-state index in [2.05, 4.69) is 21.2 Å². The Balaban J connectivity index is 1.72. The lowest BCUT2D eigenvalue weighted by Crippen LogP contribution is -2.38. The Labute approximate surface area is 115 Å². The second kappa shape index (κ2) is 5.85. The van der Waals surface area contributed by atoms with Crippen molar-refractivity contribution in [3.05, 3.63) is 0 Å². The summed E-state index contributed by atoms with van der Waals surface area (Å²) in [7, 11) is 0. The van der Waals surface area contributed by atoms with Gasteiger partial charge in [0.1, 0.15) is 0 Å². The third kappa shape index (κ3) is 3.65. The van der Waals surface area contributed by atoms with E-state index in [9.17, 15) is 13.6 Å². The molecule has 1 amide bonds. The second-order valence-corrected chi connectivity index (χ2v) is 6.76. The summed E-state index contributed by atoms with van der Waals surface area (Å²) < 4.78 is 26.0. The molecule has 2 aliphatic carbocycles. The fraction of sp³-hybridized carbons (Fsp3) is 0.923. The third-order valence-corrected chi connectivity index (χ3v) is 5.40. The lowest BCUT2D eigenvalue weighted by Gasteiger charge is -2.28. The standard InChI is InChI=1S/C13H20BrF2NO/c14-11-3-1-2-10(11)8-17-12(18)9-4-6-13(15,16)7-5-9/h9-11H,1-8H2,(H,17,18). The highest BCUT2D eigenvalue weighted by atomic mass is 79.9. The summed E-state index contributed by atoms with van der Waals surface area (Å²) >= 11 is 3.62. The van der Waals surface area contributed by atoms with Gasteiger partial charge in [-0.15, -0.1) is 0 Å². The summed E-state index contributed by atoms with van der Waals surface area (Å²) in [6, 6.07) is 0. The predicted molar refractivity (Wildman–Crippen MR) is 70.0 cm³/mol. The van der Waals surface area contributed by atoms with Gasteiger partial charge in [-0.3, -0.25) is 4.79 Å². The molecule has 0 spiro atoms. The Hall–Kier alpha value is -0.190. The number of hydrogen-bond acceptors (Lipinski definition) is 1. The van der Waals surface area contributed by atoms with Crippen molar-refractivity contribution in [3.63, 3.8) is 0 Å². The van der Waals surface area contributed by atoms with Gasteiger partial charge in [0.25, 0.3) is 0 Å². The predicted octanol–water partition coefficient (Wildman–Crippen LogP) is 3.49. The van der Waals surface area contributed by atoms with Crippen LogP contribution in [-0.2, 0) is 4.79 Å². The maximum Gasteiger partial charge on any atom is 0.248 e. The molecule has 2 nitrogen and oxygen atoms in total. The number of alkyl halides is 3. The molecule has 0 radical (unpaired) electrons. The van der Waals surface area contributed by atoms with E-state index in [-0.39, 0.29) is 24.7 Å². The molecule has 5 heteroatoms. The van der Waals surface area contributed by atoms with Crippen molar-refractivity contribution in [2.75, 3.05) is 6.54 Å². The minimum Gasteiger partial charge on any atom is -0.356 e. The Bertz CT molecular complexity index is 301. The van der Waals surface area contributed by atoms with Crippen LogP contribution < -0.4 is 5.32 Å². The van der Waals surface area contributed by atoms with E-state index in [0.29, 0.717) is 30.1 Å². The molecule has 0 bridgehead atoms. The number of nitrogens with one attached hydrogen (secondary N) is 1. The van der Waals surface area contributed by atoms with Crippen molar-refractivity contribution in [1.29, 1.82) is 0 Å². The third-order valence-electron chi connectivity index (χ3n) is 4.19. The van der Waals surface area contributed by atoms with Gasteiger partial charge in [0, 0.05) is 30.1 Å². The molecule has 0 aromatic carbocycles. The molecule has 1 N–H and O–H groups in total. The monoisotopic (exact) mass is 323 g/mol. The van der Waals surface area contributed by atoms with Crippen LogP contribution in [0.4, 0.5) is 8.78 Å². The van der Waals surface area contributed by atoms with Crippen LogP contribution in [0.15, 0.2) is 0 Å². The minimum absolute atomic E-state index is 0.0305. The van der Waals surface area contributed by atoms with Crippen molar-refractivity contribution in [2.24, 2.45) is 11.8 Å². The normalized spacial score (nSPS) is 32.4. The molecule has 18 heavy (non-hydrogen) atoms. The quantitative estimate of drug-likeness (QED) is 0.791. The molecule has 2 atom stereocenters. The van der Waals surface area contributed by atoms with Gasteiger partial charge in [-0.1, -0.05) is 22.4 Å². The van der Waals surface area contributed by atoms with Crippen LogP contribution in [0.1, 0.15) is 44.9 Å². The molecule has 0 aromatic rings. The first-order valence-electron chi connectivity index (χ1n) is 6.77. The van der Waals surface area contributed by atoms with Crippen LogP contribution >= 0.6 is 15.9 Å². The molecule has 2 rings (SSSR count). The van der Waals surface area contributed by atoms with E-state index >= 15 is 0 Å². The molecule has 0 saturated heterocycles. The maximum absolute atomic E-state index is 13.0. The first-order chi connectivity index (χ1) is 8.48. The van der Waals surface area contributed by atoms with Crippen molar-refractivity contribution in [3.8, 4) is 0 Å². The van der Waals surface area contributed by atoms with Crippen molar-refractivity contribution in [1.82, 2.24) is 5.32 Å². The zero-order valence-electron chi connectivity index (χ0n) is 10.4. The van der Waals surface area contributed by atoms with Gasteiger partial charge < -0.3 is 5.32 Å². The first-order valence-corrected chi connectivity index (χ1v) is 7.69. The summed E-state index contributed by atoms with van der Waals surface area (Å²) in [6.07, 6.45) is 3.86. The number of amides is 1. The van der Waals surface area contributed by atoms with Crippen LogP contribution in [0.25, 0.3) is 0 Å². The lowest BCUT2D eigenvalue weighted by atomic mass is 9.86. The molecule has 2 aliphatic rings. The average Bonchev–Trinajstić information content (AvgIpc) is 2.72. The van der Waals surface area contributed by atoms with Gasteiger partial charge in [-0.05, 0) is 31.6 Å². The molecule has 0 heterocycles. The number of carbonyl (C=O) groups excluding carboxylic acids is 1. The van der Waals surface area contributed by atoms with Gasteiger partial charge in [-0.25, -0.2) is 8.78 Å². The second-order valence-electron chi connectivity index (χ2n) is 5.58. The summed E-state index contributed by atoms with van der Waals surface area (Å²) in [5.41, 5.74) is 0. The molecule has 0 aromatic heterocycles. The van der Waals surface area contributed by atoms with E-state index in [0.717, 1.165) is 12.8 Å². The largest absolute Gasteiger partial charge is 0.356 e. The highest BCUT2D eigenvalue weighted by molar-refractivity contribution is 9.09. The summed E-state index contributed by atoms with van der Waals surface area (Å²) in [4.78, 5) is 12.4. The van der Waals surface area contributed by atoms with Gasteiger partial charge in [0.15, 0.2) is 0 Å². The van der Waals surface area contributed by atoms with Crippen LogP contribution in [0.3, 0.4) is 0 Å². The number of hydrogen-bond donors (Lipinski definition) is 1. The van der Waals surface area contributed by atoms with Crippen molar-refractivity contribution < 1.29 is 13.6 Å². The van der Waals surface area contributed by atoms with E-state index < -0.39 is 5.92 Å². The molecular weight excluding hydrogens is 304 g/mol. The Morgan fingerprint density at radius 1 is 1.22 bits per heavy atom. The van der Waals surface area contributed by atoms with Gasteiger partial charge in [0.2, 0.25) is 11.8 Å². The molecule has 0 aliphatic heterocycles. The van der Waals surface area contributed by atoms with E-state index in [4.69, 9.17) is 0 Å². The van der Waals surface area contributed by atoms with Crippen LogP contribution in [0, 0.1) is 11.8 Å². The molecule has 2 unspecified atom stereocenters. The zero-order valence-corrected chi connectivity index (χ0v) is 12.0. The number of halogens is 3. The van der Waals surface area contributed by atoms with Crippen LogP contribution in [0.5, 0.6) is 0 Å². The molecule has 2 fully saturated rings. The number of rotatable bonds is 3.